The molecule has 0 unspecified atom stereocenters. The van der Waals surface area contributed by atoms with Crippen LogP contribution in [0.5, 0.6) is 5.75 Å². The topological polar surface area (TPSA) is 38.7 Å². The summed E-state index contributed by atoms with van der Waals surface area (Å²) in [6, 6.07) is 7.10. The van der Waals surface area contributed by atoms with Crippen molar-refractivity contribution in [3.8, 4) is 5.75 Å². The van der Waals surface area contributed by atoms with Gasteiger partial charge >= 0.3 is 0 Å². The van der Waals surface area contributed by atoms with E-state index in [9.17, 15) is 5.11 Å². The molecule has 3 aliphatic rings. The molecule has 3 aliphatic carbocycles. The Hall–Kier alpha value is -0.626. The number of benzene rings is 1. The van der Waals surface area contributed by atoms with Crippen LogP contribution in [0.3, 0.4) is 0 Å². The van der Waals surface area contributed by atoms with Crippen molar-refractivity contribution in [3.05, 3.63) is 29.3 Å². The van der Waals surface area contributed by atoms with Crippen LogP contribution in [0.15, 0.2) is 18.2 Å². The number of hydrogen-bond acceptors (Lipinski definition) is 3. The Bertz CT molecular complexity index is 989. The van der Waals surface area contributed by atoms with E-state index in [0.717, 1.165) is 30.4 Å². The van der Waals surface area contributed by atoms with Crippen LogP contribution in [-0.2, 0) is 10.8 Å². The summed E-state index contributed by atoms with van der Waals surface area (Å²) in [6.07, 6.45) is 8.62. The third-order valence-corrected chi connectivity index (χ3v) is 20.7. The zero-order valence-electron chi connectivity index (χ0n) is 26.5. The van der Waals surface area contributed by atoms with Crippen molar-refractivity contribution < 1.29 is 14.0 Å². The summed E-state index contributed by atoms with van der Waals surface area (Å²) in [5.74, 6) is 3.80. The Morgan fingerprint density at radius 2 is 1.63 bits per heavy atom. The molecule has 0 radical (unpaired) electrons. The molecule has 0 heterocycles. The van der Waals surface area contributed by atoms with Crippen LogP contribution in [0.25, 0.3) is 0 Å². The van der Waals surface area contributed by atoms with Crippen molar-refractivity contribution in [2.24, 2.45) is 23.2 Å². The third kappa shape index (κ3) is 5.47. The molecule has 0 aliphatic heterocycles. The number of rotatable bonds is 7. The Kier molecular flexibility index (Phi) is 8.25. The van der Waals surface area contributed by atoms with E-state index in [4.69, 9.17) is 8.85 Å². The predicted octanol–water partition coefficient (Wildman–Crippen LogP) is 9.32. The second-order valence-corrected chi connectivity index (χ2v) is 25.8. The first-order valence-corrected chi connectivity index (χ1v) is 21.3. The van der Waals surface area contributed by atoms with Crippen LogP contribution >= 0.6 is 0 Å². The molecule has 0 spiro atoms. The molecule has 2 saturated carbocycles. The lowest BCUT2D eigenvalue weighted by molar-refractivity contribution is -0.0266. The number of aliphatic hydroxyl groups is 1. The fourth-order valence-corrected chi connectivity index (χ4v) is 10.0. The minimum Gasteiger partial charge on any atom is -0.543 e. The maximum Gasteiger partial charge on any atom is 0.250 e. The molecule has 38 heavy (non-hydrogen) atoms. The van der Waals surface area contributed by atoms with Gasteiger partial charge in [-0.15, -0.1) is 0 Å². The van der Waals surface area contributed by atoms with Crippen molar-refractivity contribution >= 4 is 16.6 Å². The quantitative estimate of drug-likeness (QED) is 0.339. The van der Waals surface area contributed by atoms with E-state index in [-0.39, 0.29) is 15.5 Å². The average molecular weight is 559 g/mol. The standard InChI is InChI=1S/C33H58O3Si2/c1-31(2,3)37(8,9)35-25-15-17-26-23(21-25)14-16-28-27(26)18-19-33(7)29(28)22-24(13-12-20-34)30(33)36-38(10,11)32(4,5)6/h15,17,21,24,27-30,34H,12-14,16,18-20,22H2,1-11H3/t24-,27-,28-,29+,30+,33+/m1/s1. The molecular weight excluding hydrogens is 501 g/mol. The highest BCUT2D eigenvalue weighted by molar-refractivity contribution is 6.75. The molecule has 4 rings (SSSR count). The molecule has 1 aromatic carbocycles. The second-order valence-electron chi connectivity index (χ2n) is 16.3. The molecule has 0 saturated heterocycles. The molecule has 1 aromatic rings. The summed E-state index contributed by atoms with van der Waals surface area (Å²) in [5.41, 5.74) is 3.39. The summed E-state index contributed by atoms with van der Waals surface area (Å²) in [5, 5.41) is 10.1. The first-order chi connectivity index (χ1) is 17.4. The fraction of sp³-hybridized carbons (Fsp3) is 0.818. The lowest BCUT2D eigenvalue weighted by atomic mass is 9.55. The molecule has 5 heteroatoms. The minimum atomic E-state index is -1.89. The van der Waals surface area contributed by atoms with Gasteiger partial charge in [0.2, 0.25) is 8.32 Å². The Morgan fingerprint density at radius 3 is 2.24 bits per heavy atom. The highest BCUT2D eigenvalue weighted by Crippen LogP contribution is 2.64. The molecule has 2 fully saturated rings. The van der Waals surface area contributed by atoms with E-state index in [2.05, 4.69) is 92.9 Å². The van der Waals surface area contributed by atoms with Crippen LogP contribution in [-0.4, -0.2) is 34.5 Å². The van der Waals surface area contributed by atoms with E-state index in [1.807, 2.05) is 0 Å². The zero-order chi connectivity index (χ0) is 28.3. The smallest absolute Gasteiger partial charge is 0.250 e. The van der Waals surface area contributed by atoms with Crippen LogP contribution in [0, 0.1) is 23.2 Å². The normalized spacial score (nSPS) is 31.9. The average Bonchev–Trinajstić information content (AvgIpc) is 3.06. The first kappa shape index (κ1) is 30.3. The Labute approximate surface area is 236 Å². The van der Waals surface area contributed by atoms with Gasteiger partial charge in [0.25, 0.3) is 0 Å². The third-order valence-electron chi connectivity index (χ3n) is 11.9. The number of aryl methyl sites for hydroxylation is 1. The minimum absolute atomic E-state index is 0.208. The lowest BCUT2D eigenvalue weighted by Gasteiger charge is -2.52. The molecule has 216 valence electrons. The Balaban J connectivity index is 1.59. The van der Waals surface area contributed by atoms with Crippen LogP contribution in [0.2, 0.25) is 36.3 Å². The SMILES string of the molecule is CC(C)(C)[Si](C)(C)Oc1ccc2c(c1)CC[C@@H]1[C@@H]2CC[C@@]2(C)[C@H]1C[C@@H](CCCO)[C@@H]2O[Si](C)(C)C(C)(C)C. The second kappa shape index (κ2) is 10.3. The summed E-state index contributed by atoms with van der Waals surface area (Å²) in [6.45, 7) is 26.5. The number of aliphatic hydroxyl groups excluding tert-OH is 1. The zero-order valence-corrected chi connectivity index (χ0v) is 28.5. The fourth-order valence-electron chi connectivity index (χ4n) is 7.55. The molecule has 0 amide bonds. The largest absolute Gasteiger partial charge is 0.543 e. The van der Waals surface area contributed by atoms with Crippen LogP contribution in [0.1, 0.15) is 104 Å². The van der Waals surface area contributed by atoms with Crippen molar-refractivity contribution in [2.45, 2.75) is 142 Å². The predicted molar refractivity (Wildman–Crippen MR) is 166 cm³/mol. The lowest BCUT2D eigenvalue weighted by Crippen LogP contribution is -2.51. The van der Waals surface area contributed by atoms with Crippen molar-refractivity contribution in [2.75, 3.05) is 6.61 Å². The van der Waals surface area contributed by atoms with E-state index >= 15 is 0 Å². The summed E-state index contributed by atoms with van der Waals surface area (Å²) >= 11 is 0. The van der Waals surface area contributed by atoms with Crippen molar-refractivity contribution in [3.63, 3.8) is 0 Å². The number of fused-ring (bicyclic) bond motifs is 5. The van der Waals surface area contributed by atoms with E-state index in [1.54, 1.807) is 5.56 Å². The van der Waals surface area contributed by atoms with Gasteiger partial charge in [-0.05, 0) is 134 Å². The van der Waals surface area contributed by atoms with Gasteiger partial charge in [0, 0.05) is 6.61 Å². The highest BCUT2D eigenvalue weighted by atomic mass is 28.4. The Morgan fingerprint density at radius 1 is 0.974 bits per heavy atom. The van der Waals surface area contributed by atoms with E-state index in [1.165, 1.54) is 37.7 Å². The molecule has 6 atom stereocenters. The molecular formula is C33H58O3Si2. The van der Waals surface area contributed by atoms with E-state index < -0.39 is 16.6 Å². The van der Waals surface area contributed by atoms with Crippen molar-refractivity contribution in [1.82, 2.24) is 0 Å². The van der Waals surface area contributed by atoms with Gasteiger partial charge in [0.1, 0.15) is 5.75 Å². The molecule has 3 nitrogen and oxygen atoms in total. The van der Waals surface area contributed by atoms with Gasteiger partial charge in [0.05, 0.1) is 6.10 Å². The van der Waals surface area contributed by atoms with Gasteiger partial charge in [-0.3, -0.25) is 0 Å². The van der Waals surface area contributed by atoms with Gasteiger partial charge in [-0.1, -0.05) is 54.5 Å². The molecule has 1 N–H and O–H groups in total. The summed E-state index contributed by atoms with van der Waals surface area (Å²) in [7, 11) is -3.73. The van der Waals surface area contributed by atoms with Crippen LogP contribution < -0.4 is 4.43 Å². The first-order valence-electron chi connectivity index (χ1n) is 15.5. The van der Waals surface area contributed by atoms with Gasteiger partial charge in [-0.2, -0.15) is 0 Å². The summed E-state index contributed by atoms with van der Waals surface area (Å²) in [4.78, 5) is 0. The maximum atomic E-state index is 9.69. The molecule has 0 aromatic heterocycles. The van der Waals surface area contributed by atoms with Crippen LogP contribution in [0.4, 0.5) is 0 Å². The monoisotopic (exact) mass is 558 g/mol. The van der Waals surface area contributed by atoms with Gasteiger partial charge in [0.15, 0.2) is 8.32 Å². The maximum absolute atomic E-state index is 9.69. The molecule has 0 bridgehead atoms. The van der Waals surface area contributed by atoms with Crippen molar-refractivity contribution in [1.29, 1.82) is 0 Å². The van der Waals surface area contributed by atoms with E-state index in [0.29, 0.717) is 24.5 Å². The number of hydrogen-bond donors (Lipinski definition) is 1. The summed E-state index contributed by atoms with van der Waals surface area (Å²) < 4.78 is 14.0. The highest BCUT2D eigenvalue weighted by Gasteiger charge is 2.60. The van der Waals surface area contributed by atoms with Gasteiger partial charge in [-0.25, -0.2) is 0 Å². The van der Waals surface area contributed by atoms with Gasteiger partial charge < -0.3 is 14.0 Å².